The van der Waals surface area contributed by atoms with Gasteiger partial charge in [-0.05, 0) is 49.4 Å². The third kappa shape index (κ3) is 4.85. The molecule has 1 amide bonds. The molecular weight excluding hydrogens is 444 g/mol. The summed E-state index contributed by atoms with van der Waals surface area (Å²) in [6.45, 7) is 3.41. The fourth-order valence-corrected chi connectivity index (χ4v) is 4.45. The van der Waals surface area contributed by atoms with E-state index in [1.807, 2.05) is 4.90 Å². The molecule has 0 radical (unpaired) electrons. The van der Waals surface area contributed by atoms with Crippen molar-refractivity contribution >= 4 is 33.8 Å². The summed E-state index contributed by atoms with van der Waals surface area (Å²) in [6, 6.07) is 11.1. The predicted octanol–water partition coefficient (Wildman–Crippen LogP) is 5.32. The van der Waals surface area contributed by atoms with Crippen molar-refractivity contribution in [1.82, 2.24) is 9.88 Å². The summed E-state index contributed by atoms with van der Waals surface area (Å²) in [5.74, 6) is -0.498. The smallest absolute Gasteiger partial charge is 0.368 e. The van der Waals surface area contributed by atoms with E-state index in [0.29, 0.717) is 53.3 Å². The van der Waals surface area contributed by atoms with Crippen LogP contribution >= 0.6 is 11.3 Å². The molecule has 2 heterocycles. The first kappa shape index (κ1) is 22.1. The first-order valence-electron chi connectivity index (χ1n) is 9.92. The van der Waals surface area contributed by atoms with E-state index in [9.17, 15) is 22.4 Å². The number of hydrogen-bond donors (Lipinski definition) is 1. The fourth-order valence-electron chi connectivity index (χ4n) is 3.50. The second-order valence-electron chi connectivity index (χ2n) is 7.39. The summed E-state index contributed by atoms with van der Waals surface area (Å²) in [5, 5.41) is 3.59. The highest BCUT2D eigenvalue weighted by Crippen LogP contribution is 2.32. The largest absolute Gasteiger partial charge is 0.416 e. The Morgan fingerprint density at radius 3 is 2.41 bits per heavy atom. The number of nitrogens with zero attached hydrogens (tertiary/aromatic N) is 3. The van der Waals surface area contributed by atoms with E-state index in [-0.39, 0.29) is 11.7 Å². The molecule has 32 heavy (non-hydrogen) atoms. The van der Waals surface area contributed by atoms with E-state index in [1.165, 1.54) is 29.5 Å². The first-order valence-corrected chi connectivity index (χ1v) is 10.7. The van der Waals surface area contributed by atoms with Crippen molar-refractivity contribution in [2.45, 2.75) is 13.1 Å². The molecule has 4 rings (SSSR count). The van der Waals surface area contributed by atoms with E-state index < -0.39 is 11.7 Å². The van der Waals surface area contributed by atoms with Gasteiger partial charge < -0.3 is 15.1 Å². The summed E-state index contributed by atoms with van der Waals surface area (Å²) in [4.78, 5) is 21.4. The number of aryl methyl sites for hydroxylation is 1. The van der Waals surface area contributed by atoms with Crippen LogP contribution < -0.4 is 10.2 Å². The number of carbonyl (C=O) groups is 1. The van der Waals surface area contributed by atoms with Crippen LogP contribution in [-0.2, 0) is 6.18 Å². The zero-order valence-electron chi connectivity index (χ0n) is 17.1. The van der Waals surface area contributed by atoms with Crippen molar-refractivity contribution in [3.05, 3.63) is 70.5 Å². The zero-order valence-corrected chi connectivity index (χ0v) is 17.9. The average molecular weight is 464 g/mol. The molecule has 3 aromatic rings. The van der Waals surface area contributed by atoms with Crippen LogP contribution in [0.4, 0.5) is 34.1 Å². The SMILES string of the molecule is Cc1nc(Nc2ccc(F)cc2)sc1C(=O)N1CCN(c2cccc(C(F)(F)F)c2)CC1. The average Bonchev–Trinajstić information content (AvgIpc) is 3.14. The maximum atomic E-state index is 13.1. The number of thiazole rings is 1. The Labute approximate surface area is 186 Å². The summed E-state index contributed by atoms with van der Waals surface area (Å²) >= 11 is 1.22. The molecule has 2 aromatic carbocycles. The molecule has 5 nitrogen and oxygen atoms in total. The fraction of sp³-hybridized carbons (Fsp3) is 0.273. The molecule has 0 aliphatic carbocycles. The van der Waals surface area contributed by atoms with Gasteiger partial charge >= 0.3 is 6.18 Å². The number of aromatic nitrogens is 1. The second-order valence-corrected chi connectivity index (χ2v) is 8.39. The van der Waals surface area contributed by atoms with E-state index in [4.69, 9.17) is 0 Å². The Morgan fingerprint density at radius 2 is 1.75 bits per heavy atom. The quantitative estimate of drug-likeness (QED) is 0.532. The van der Waals surface area contributed by atoms with Crippen LogP contribution in [0.2, 0.25) is 0 Å². The van der Waals surface area contributed by atoms with Crippen molar-refractivity contribution in [3.63, 3.8) is 0 Å². The van der Waals surface area contributed by atoms with Gasteiger partial charge in [0, 0.05) is 37.6 Å². The van der Waals surface area contributed by atoms with Crippen LogP contribution in [-0.4, -0.2) is 42.0 Å². The Kier molecular flexibility index (Phi) is 6.05. The minimum atomic E-state index is -4.39. The lowest BCUT2D eigenvalue weighted by molar-refractivity contribution is -0.137. The summed E-state index contributed by atoms with van der Waals surface area (Å²) in [7, 11) is 0. The molecule has 1 fully saturated rings. The number of piperazine rings is 1. The number of alkyl halides is 3. The molecule has 168 valence electrons. The van der Waals surface area contributed by atoms with E-state index >= 15 is 0 Å². The van der Waals surface area contributed by atoms with Crippen molar-refractivity contribution in [1.29, 1.82) is 0 Å². The maximum Gasteiger partial charge on any atom is 0.416 e. The Bertz CT molecular complexity index is 1110. The van der Waals surface area contributed by atoms with Gasteiger partial charge in [0.05, 0.1) is 11.3 Å². The van der Waals surface area contributed by atoms with Crippen LogP contribution in [0.5, 0.6) is 0 Å². The normalized spacial score (nSPS) is 14.5. The minimum Gasteiger partial charge on any atom is -0.368 e. The molecular formula is C22H20F4N4OS. The molecule has 0 saturated carbocycles. The van der Waals surface area contributed by atoms with Crippen molar-refractivity contribution < 1.29 is 22.4 Å². The van der Waals surface area contributed by atoms with Gasteiger partial charge in [0.15, 0.2) is 5.13 Å². The number of benzene rings is 2. The third-order valence-electron chi connectivity index (χ3n) is 5.19. The molecule has 1 N–H and O–H groups in total. The Hall–Kier alpha value is -3.14. The third-order valence-corrected chi connectivity index (χ3v) is 6.25. The molecule has 0 unspecified atom stereocenters. The topological polar surface area (TPSA) is 48.5 Å². The van der Waals surface area contributed by atoms with Gasteiger partial charge in [0.1, 0.15) is 10.7 Å². The summed E-state index contributed by atoms with van der Waals surface area (Å²) in [5.41, 5.74) is 1.06. The van der Waals surface area contributed by atoms with Crippen molar-refractivity contribution in [2.75, 3.05) is 36.4 Å². The van der Waals surface area contributed by atoms with Crippen LogP contribution in [0.3, 0.4) is 0 Å². The number of amides is 1. The van der Waals surface area contributed by atoms with Gasteiger partial charge in [-0.15, -0.1) is 0 Å². The van der Waals surface area contributed by atoms with Gasteiger partial charge in [0.2, 0.25) is 0 Å². The summed E-state index contributed by atoms with van der Waals surface area (Å²) in [6.07, 6.45) is -4.39. The highest BCUT2D eigenvalue weighted by atomic mass is 32.1. The van der Waals surface area contributed by atoms with Crippen LogP contribution in [0, 0.1) is 12.7 Å². The molecule has 1 saturated heterocycles. The van der Waals surface area contributed by atoms with Gasteiger partial charge in [0.25, 0.3) is 5.91 Å². The van der Waals surface area contributed by atoms with Crippen LogP contribution in [0.25, 0.3) is 0 Å². The number of rotatable bonds is 4. The molecule has 0 atom stereocenters. The number of carbonyl (C=O) groups excluding carboxylic acids is 1. The second kappa shape index (κ2) is 8.78. The van der Waals surface area contributed by atoms with E-state index in [0.717, 1.165) is 12.1 Å². The highest BCUT2D eigenvalue weighted by Gasteiger charge is 2.31. The lowest BCUT2D eigenvalue weighted by atomic mass is 10.1. The van der Waals surface area contributed by atoms with Gasteiger partial charge in [-0.2, -0.15) is 13.2 Å². The molecule has 10 heteroatoms. The minimum absolute atomic E-state index is 0.157. The lowest BCUT2D eigenvalue weighted by Crippen LogP contribution is -2.48. The molecule has 1 aliphatic rings. The van der Waals surface area contributed by atoms with E-state index in [2.05, 4.69) is 10.3 Å². The molecule has 1 aromatic heterocycles. The Balaban J connectivity index is 1.40. The number of anilines is 3. The molecule has 0 bridgehead atoms. The molecule has 1 aliphatic heterocycles. The monoisotopic (exact) mass is 464 g/mol. The van der Waals surface area contributed by atoms with Crippen LogP contribution in [0.15, 0.2) is 48.5 Å². The number of nitrogens with one attached hydrogen (secondary N) is 1. The van der Waals surface area contributed by atoms with Crippen LogP contribution in [0.1, 0.15) is 20.9 Å². The van der Waals surface area contributed by atoms with Crippen molar-refractivity contribution in [2.24, 2.45) is 0 Å². The lowest BCUT2D eigenvalue weighted by Gasteiger charge is -2.36. The summed E-state index contributed by atoms with van der Waals surface area (Å²) < 4.78 is 52.0. The standard InChI is InChI=1S/C22H20F4N4OS/c1-14-19(32-21(27-14)28-17-7-5-16(23)6-8-17)20(31)30-11-9-29(10-12-30)18-4-2-3-15(13-18)22(24,25)26/h2-8,13H,9-12H2,1H3,(H,27,28). The molecule has 0 spiro atoms. The highest BCUT2D eigenvalue weighted by molar-refractivity contribution is 7.17. The Morgan fingerprint density at radius 1 is 1.06 bits per heavy atom. The number of hydrogen-bond acceptors (Lipinski definition) is 5. The maximum absolute atomic E-state index is 13.1. The van der Waals surface area contributed by atoms with E-state index in [1.54, 1.807) is 30.0 Å². The van der Waals surface area contributed by atoms with Crippen molar-refractivity contribution in [3.8, 4) is 0 Å². The number of halogens is 4. The van der Waals surface area contributed by atoms with Gasteiger partial charge in [-0.3, -0.25) is 4.79 Å². The van der Waals surface area contributed by atoms with Gasteiger partial charge in [-0.1, -0.05) is 17.4 Å². The van der Waals surface area contributed by atoms with Gasteiger partial charge in [-0.25, -0.2) is 9.37 Å². The first-order chi connectivity index (χ1) is 15.2. The zero-order chi connectivity index (χ0) is 22.9. The predicted molar refractivity (Wildman–Crippen MR) is 116 cm³/mol.